The zero-order valence-electron chi connectivity index (χ0n) is 12.1. The van der Waals surface area contributed by atoms with E-state index < -0.39 is 11.2 Å². The van der Waals surface area contributed by atoms with E-state index in [9.17, 15) is 14.4 Å². The van der Waals surface area contributed by atoms with Gasteiger partial charge in [-0.1, -0.05) is 0 Å². The largest absolute Gasteiger partial charge is 0.383 e. The molecule has 0 aliphatic heterocycles. The number of nitrogens with one attached hydrogen (secondary N) is 3. The average Bonchev–Trinajstić information content (AvgIpc) is 2.48. The summed E-state index contributed by atoms with van der Waals surface area (Å²) in [6.45, 7) is 2.77. The summed E-state index contributed by atoms with van der Waals surface area (Å²) in [6, 6.07) is 3.06. The minimum atomic E-state index is -0.604. The van der Waals surface area contributed by atoms with Crippen molar-refractivity contribution in [3.05, 3.63) is 57.1 Å². The van der Waals surface area contributed by atoms with Gasteiger partial charge in [0.25, 0.3) is 5.56 Å². The molecule has 0 aliphatic rings. The molecule has 0 atom stereocenters. The van der Waals surface area contributed by atoms with E-state index >= 15 is 0 Å². The van der Waals surface area contributed by atoms with Gasteiger partial charge in [-0.05, 0) is 18.6 Å². The van der Waals surface area contributed by atoms with Crippen molar-refractivity contribution in [3.8, 4) is 0 Å². The number of aromatic amines is 1. The third-order valence-electron chi connectivity index (χ3n) is 2.99. The van der Waals surface area contributed by atoms with Crippen LogP contribution in [0.5, 0.6) is 0 Å². The van der Waals surface area contributed by atoms with Gasteiger partial charge in [0.1, 0.15) is 6.54 Å². The molecular formula is C14H17N5O3. The molecule has 22 heavy (non-hydrogen) atoms. The molecule has 0 aromatic carbocycles. The van der Waals surface area contributed by atoms with Crippen molar-refractivity contribution >= 4 is 11.6 Å². The number of nitrogens with zero attached hydrogens (tertiary/aromatic N) is 2. The summed E-state index contributed by atoms with van der Waals surface area (Å²) in [6.07, 6.45) is 4.74. The summed E-state index contributed by atoms with van der Waals surface area (Å²) in [7, 11) is 0. The number of amides is 1. The molecule has 0 saturated heterocycles. The van der Waals surface area contributed by atoms with E-state index in [2.05, 4.69) is 20.6 Å². The number of H-pyrrole nitrogens is 1. The lowest BCUT2D eigenvalue weighted by molar-refractivity contribution is -0.121. The Labute approximate surface area is 126 Å². The maximum absolute atomic E-state index is 11.7. The summed E-state index contributed by atoms with van der Waals surface area (Å²) >= 11 is 0. The van der Waals surface area contributed by atoms with Gasteiger partial charge in [0.2, 0.25) is 5.91 Å². The molecule has 2 heterocycles. The Morgan fingerprint density at radius 3 is 2.86 bits per heavy atom. The van der Waals surface area contributed by atoms with Crippen molar-refractivity contribution < 1.29 is 4.79 Å². The van der Waals surface area contributed by atoms with E-state index in [1.807, 2.05) is 13.0 Å². The van der Waals surface area contributed by atoms with Crippen LogP contribution in [0.2, 0.25) is 0 Å². The quantitative estimate of drug-likeness (QED) is 0.622. The number of aryl methyl sites for hydroxylation is 1. The monoisotopic (exact) mass is 303 g/mol. The van der Waals surface area contributed by atoms with Gasteiger partial charge in [-0.3, -0.25) is 24.1 Å². The number of rotatable bonds is 6. The van der Waals surface area contributed by atoms with Crippen molar-refractivity contribution in [1.82, 2.24) is 19.9 Å². The van der Waals surface area contributed by atoms with Gasteiger partial charge in [0, 0.05) is 43.4 Å². The van der Waals surface area contributed by atoms with Gasteiger partial charge in [-0.2, -0.15) is 0 Å². The molecule has 0 unspecified atom stereocenters. The Morgan fingerprint density at radius 2 is 2.14 bits per heavy atom. The smallest absolute Gasteiger partial charge is 0.328 e. The van der Waals surface area contributed by atoms with Gasteiger partial charge in [-0.25, -0.2) is 4.79 Å². The zero-order valence-corrected chi connectivity index (χ0v) is 12.1. The molecule has 0 radical (unpaired) electrons. The zero-order chi connectivity index (χ0) is 15.9. The number of hydrogen-bond donors (Lipinski definition) is 3. The van der Waals surface area contributed by atoms with E-state index in [0.29, 0.717) is 13.1 Å². The molecule has 2 aromatic heterocycles. The van der Waals surface area contributed by atoms with E-state index in [1.54, 1.807) is 12.4 Å². The summed E-state index contributed by atoms with van der Waals surface area (Å²) in [4.78, 5) is 40.2. The third kappa shape index (κ3) is 4.30. The second kappa shape index (κ2) is 7.21. The van der Waals surface area contributed by atoms with Crippen LogP contribution in [-0.2, 0) is 11.3 Å². The molecule has 1 amide bonds. The molecule has 2 aromatic rings. The highest BCUT2D eigenvalue weighted by Gasteiger charge is 2.04. The average molecular weight is 303 g/mol. The predicted octanol–water partition coefficient (Wildman–Crippen LogP) is -0.532. The highest BCUT2D eigenvalue weighted by molar-refractivity contribution is 5.75. The van der Waals surface area contributed by atoms with Gasteiger partial charge in [0.15, 0.2) is 0 Å². The number of pyridine rings is 1. The fourth-order valence-electron chi connectivity index (χ4n) is 1.85. The van der Waals surface area contributed by atoms with E-state index in [-0.39, 0.29) is 12.5 Å². The van der Waals surface area contributed by atoms with Gasteiger partial charge >= 0.3 is 5.69 Å². The normalized spacial score (nSPS) is 10.2. The Morgan fingerprint density at radius 1 is 1.32 bits per heavy atom. The van der Waals surface area contributed by atoms with Crippen LogP contribution >= 0.6 is 0 Å². The summed E-state index contributed by atoms with van der Waals surface area (Å²) in [5, 5.41) is 5.87. The number of hydrogen-bond acceptors (Lipinski definition) is 5. The Kier molecular flexibility index (Phi) is 5.07. The molecule has 116 valence electrons. The van der Waals surface area contributed by atoms with Crippen molar-refractivity contribution in [2.45, 2.75) is 13.5 Å². The molecule has 0 aliphatic carbocycles. The van der Waals surface area contributed by atoms with Crippen LogP contribution in [0, 0.1) is 6.92 Å². The standard InChI is InChI=1S/C14H17N5O3/c1-10-8-15-4-2-11(10)16-5-6-17-13(21)9-19-7-3-12(20)18-14(19)22/h2-4,7-8H,5-6,9H2,1H3,(H,15,16)(H,17,21)(H,18,20,22). The molecular weight excluding hydrogens is 286 g/mol. The summed E-state index contributed by atoms with van der Waals surface area (Å²) in [5.41, 5.74) is 0.890. The molecule has 8 nitrogen and oxygen atoms in total. The lowest BCUT2D eigenvalue weighted by atomic mass is 10.2. The number of aromatic nitrogens is 3. The number of anilines is 1. The first kappa shape index (κ1) is 15.5. The molecule has 0 bridgehead atoms. The number of carbonyl (C=O) groups excluding carboxylic acids is 1. The van der Waals surface area contributed by atoms with E-state index in [4.69, 9.17) is 0 Å². The topological polar surface area (TPSA) is 109 Å². The third-order valence-corrected chi connectivity index (χ3v) is 2.99. The predicted molar refractivity (Wildman–Crippen MR) is 81.8 cm³/mol. The molecule has 8 heteroatoms. The highest BCUT2D eigenvalue weighted by Crippen LogP contribution is 2.10. The second-order valence-corrected chi connectivity index (χ2v) is 4.71. The second-order valence-electron chi connectivity index (χ2n) is 4.71. The van der Waals surface area contributed by atoms with E-state index in [1.165, 1.54) is 12.3 Å². The maximum atomic E-state index is 11.7. The van der Waals surface area contributed by atoms with Crippen molar-refractivity contribution in [2.75, 3.05) is 18.4 Å². The van der Waals surface area contributed by atoms with E-state index in [0.717, 1.165) is 15.8 Å². The lowest BCUT2D eigenvalue weighted by Crippen LogP contribution is -2.36. The van der Waals surface area contributed by atoms with Crippen LogP contribution < -0.4 is 21.9 Å². The van der Waals surface area contributed by atoms with Crippen LogP contribution in [0.25, 0.3) is 0 Å². The molecule has 3 N–H and O–H groups in total. The Hall–Kier alpha value is -2.90. The summed E-state index contributed by atoms with van der Waals surface area (Å²) in [5.74, 6) is -0.303. The minimum Gasteiger partial charge on any atom is -0.383 e. The van der Waals surface area contributed by atoms with Crippen LogP contribution in [0.1, 0.15) is 5.56 Å². The molecule has 0 spiro atoms. The van der Waals surface area contributed by atoms with Crippen molar-refractivity contribution in [1.29, 1.82) is 0 Å². The first-order valence-electron chi connectivity index (χ1n) is 6.77. The van der Waals surface area contributed by atoms with Gasteiger partial charge < -0.3 is 10.6 Å². The maximum Gasteiger partial charge on any atom is 0.328 e. The SMILES string of the molecule is Cc1cnccc1NCCNC(=O)Cn1ccc(=O)[nH]c1=O. The van der Waals surface area contributed by atoms with Crippen LogP contribution in [0.3, 0.4) is 0 Å². The molecule has 2 rings (SSSR count). The van der Waals surface area contributed by atoms with Crippen molar-refractivity contribution in [3.63, 3.8) is 0 Å². The van der Waals surface area contributed by atoms with Crippen molar-refractivity contribution in [2.24, 2.45) is 0 Å². The summed E-state index contributed by atoms with van der Waals surface area (Å²) < 4.78 is 1.14. The minimum absolute atomic E-state index is 0.135. The lowest BCUT2D eigenvalue weighted by Gasteiger charge is -2.10. The fourth-order valence-corrected chi connectivity index (χ4v) is 1.85. The first-order valence-corrected chi connectivity index (χ1v) is 6.77. The van der Waals surface area contributed by atoms with Gasteiger partial charge in [0.05, 0.1) is 0 Å². The van der Waals surface area contributed by atoms with Crippen LogP contribution in [0.4, 0.5) is 5.69 Å². The number of carbonyl (C=O) groups is 1. The van der Waals surface area contributed by atoms with Gasteiger partial charge in [-0.15, -0.1) is 0 Å². The Bertz CT molecular complexity index is 765. The molecule has 0 saturated carbocycles. The fraction of sp³-hybridized carbons (Fsp3) is 0.286. The van der Waals surface area contributed by atoms with Crippen LogP contribution in [0.15, 0.2) is 40.3 Å². The molecule has 0 fully saturated rings. The van der Waals surface area contributed by atoms with Crippen LogP contribution in [-0.4, -0.2) is 33.5 Å². The first-order chi connectivity index (χ1) is 10.6. The Balaban J connectivity index is 1.77. The highest BCUT2D eigenvalue weighted by atomic mass is 16.2.